The predicted octanol–water partition coefficient (Wildman–Crippen LogP) is 3.75. The Balaban J connectivity index is 1.36. The molecule has 2 N–H and O–H groups in total. The first-order chi connectivity index (χ1) is 18.4. The van der Waals surface area contributed by atoms with Crippen LogP contribution >= 0.6 is 0 Å². The molecule has 12 atom stereocenters. The molecule has 2 bridgehead atoms. The third-order valence-electron chi connectivity index (χ3n) is 10.2. The Labute approximate surface area is 231 Å². The first-order valence-electron chi connectivity index (χ1n) is 14.7. The Morgan fingerprint density at radius 2 is 1.85 bits per heavy atom. The lowest BCUT2D eigenvalue weighted by atomic mass is 9.71. The molecule has 39 heavy (non-hydrogen) atoms. The number of hydrogen-bond donors (Lipinski definition) is 2. The van der Waals surface area contributed by atoms with E-state index in [1.54, 1.807) is 13.0 Å². The monoisotopic (exact) mass is 544 g/mol. The molecule has 8 heteroatoms. The van der Waals surface area contributed by atoms with Crippen LogP contribution in [0, 0.1) is 17.8 Å². The molecule has 12 unspecified atom stereocenters. The minimum absolute atomic E-state index is 0.0389. The van der Waals surface area contributed by atoms with E-state index in [0.717, 1.165) is 19.3 Å². The third-order valence-corrected chi connectivity index (χ3v) is 10.2. The van der Waals surface area contributed by atoms with E-state index in [1.165, 1.54) is 0 Å². The fraction of sp³-hybridized carbons (Fsp3) is 0.774. The van der Waals surface area contributed by atoms with Crippen LogP contribution in [0.3, 0.4) is 0 Å². The van der Waals surface area contributed by atoms with Crippen molar-refractivity contribution in [3.8, 4) is 0 Å². The highest BCUT2D eigenvalue weighted by Gasteiger charge is 2.60. The summed E-state index contributed by atoms with van der Waals surface area (Å²) < 4.78 is 31.5. The molecule has 0 aromatic heterocycles. The Kier molecular flexibility index (Phi) is 6.92. The van der Waals surface area contributed by atoms with E-state index in [-0.39, 0.29) is 36.4 Å². The van der Waals surface area contributed by atoms with Crippen LogP contribution in [0.2, 0.25) is 0 Å². The molecule has 5 heterocycles. The number of epoxide rings is 1. The number of aliphatic hydroxyl groups is 2. The van der Waals surface area contributed by atoms with Gasteiger partial charge in [0, 0.05) is 25.7 Å². The van der Waals surface area contributed by atoms with Gasteiger partial charge in [-0.05, 0) is 56.6 Å². The molecule has 1 spiro atoms. The molecule has 0 saturated carbocycles. The minimum Gasteiger partial charge on any atom is -0.462 e. The molecule has 0 aromatic carbocycles. The van der Waals surface area contributed by atoms with Gasteiger partial charge in [-0.1, -0.05) is 38.2 Å². The number of ether oxygens (including phenoxy) is 5. The second-order valence-corrected chi connectivity index (χ2v) is 13.3. The molecule has 216 valence electrons. The topological polar surface area (TPSA) is 107 Å². The first-order valence-corrected chi connectivity index (χ1v) is 14.7. The molecule has 1 aliphatic carbocycles. The summed E-state index contributed by atoms with van der Waals surface area (Å²) in [5, 5.41) is 22.9. The van der Waals surface area contributed by atoms with E-state index >= 15 is 0 Å². The highest BCUT2D eigenvalue weighted by Crippen LogP contribution is 2.50. The summed E-state index contributed by atoms with van der Waals surface area (Å²) in [6.07, 6.45) is 9.37. The van der Waals surface area contributed by atoms with E-state index in [9.17, 15) is 15.0 Å². The second-order valence-electron chi connectivity index (χ2n) is 13.3. The van der Waals surface area contributed by atoms with Crippen molar-refractivity contribution in [3.05, 3.63) is 35.5 Å². The molecular weight excluding hydrogens is 500 g/mol. The normalized spacial score (nSPS) is 51.9. The molecule has 5 aliphatic heterocycles. The maximum atomic E-state index is 13.9. The van der Waals surface area contributed by atoms with Gasteiger partial charge in [0.05, 0.1) is 30.5 Å². The zero-order valence-corrected chi connectivity index (χ0v) is 23.8. The lowest BCUT2D eigenvalue weighted by Gasteiger charge is -2.49. The highest BCUT2D eigenvalue weighted by atomic mass is 16.7. The Bertz CT molecular complexity index is 1080. The van der Waals surface area contributed by atoms with Crippen molar-refractivity contribution in [2.24, 2.45) is 17.8 Å². The summed E-state index contributed by atoms with van der Waals surface area (Å²) in [5.74, 6) is -1.64. The van der Waals surface area contributed by atoms with Crippen molar-refractivity contribution >= 4 is 5.97 Å². The Hall–Kier alpha value is -1.55. The van der Waals surface area contributed by atoms with Crippen molar-refractivity contribution in [2.45, 2.75) is 127 Å². The minimum atomic E-state index is -1.69. The maximum absolute atomic E-state index is 13.9. The van der Waals surface area contributed by atoms with Crippen LogP contribution in [0.5, 0.6) is 0 Å². The van der Waals surface area contributed by atoms with Crippen LogP contribution in [-0.2, 0) is 28.5 Å². The van der Waals surface area contributed by atoms with E-state index in [1.807, 2.05) is 12.2 Å². The van der Waals surface area contributed by atoms with E-state index < -0.39 is 41.6 Å². The van der Waals surface area contributed by atoms with Crippen LogP contribution in [-0.4, -0.2) is 76.4 Å². The number of hydrogen-bond acceptors (Lipinski definition) is 8. The standard InChI is InChI=1S/C31H44O8/c1-17-7-6-8-21-16-35-27-26(32)19(3)11-24(31(21,27)34)28(33)36-23-12-22(13-25-29(5,14-17)39-25)38-30(15-23)10-9-18(2)20(4)37-30/h6-8,11,17-18,20,22-27,32,34H,9-10,12-16H2,1-5H3. The van der Waals surface area contributed by atoms with Crippen LogP contribution in [0.25, 0.3) is 0 Å². The van der Waals surface area contributed by atoms with Gasteiger partial charge in [-0.2, -0.15) is 0 Å². The van der Waals surface area contributed by atoms with E-state index in [2.05, 4.69) is 33.8 Å². The van der Waals surface area contributed by atoms with Crippen LogP contribution in [0.15, 0.2) is 35.5 Å². The zero-order chi connectivity index (χ0) is 27.7. The van der Waals surface area contributed by atoms with Gasteiger partial charge in [0.25, 0.3) is 0 Å². The number of carbonyl (C=O) groups excluding carboxylic acids is 1. The quantitative estimate of drug-likeness (QED) is 0.270. The van der Waals surface area contributed by atoms with Gasteiger partial charge in [-0.3, -0.25) is 4.79 Å². The number of esters is 1. The van der Waals surface area contributed by atoms with Crippen molar-refractivity contribution in [1.82, 2.24) is 0 Å². The van der Waals surface area contributed by atoms with Crippen molar-refractivity contribution < 1.29 is 38.7 Å². The van der Waals surface area contributed by atoms with E-state index in [4.69, 9.17) is 23.7 Å². The summed E-state index contributed by atoms with van der Waals surface area (Å²) >= 11 is 0. The van der Waals surface area contributed by atoms with Gasteiger partial charge >= 0.3 is 5.97 Å². The molecule has 0 aromatic rings. The van der Waals surface area contributed by atoms with Crippen LogP contribution < -0.4 is 0 Å². The largest absolute Gasteiger partial charge is 0.462 e. The fourth-order valence-electron chi connectivity index (χ4n) is 7.57. The lowest BCUT2D eigenvalue weighted by Crippen LogP contribution is -2.58. The molecule has 0 radical (unpaired) electrons. The summed E-state index contributed by atoms with van der Waals surface area (Å²) in [5.41, 5.74) is -0.759. The zero-order valence-electron chi connectivity index (χ0n) is 23.8. The molecule has 0 amide bonds. The van der Waals surface area contributed by atoms with Crippen molar-refractivity contribution in [2.75, 3.05) is 6.61 Å². The maximum Gasteiger partial charge on any atom is 0.316 e. The predicted molar refractivity (Wildman–Crippen MR) is 143 cm³/mol. The molecule has 6 aliphatic rings. The Morgan fingerprint density at radius 3 is 2.62 bits per heavy atom. The average Bonchev–Trinajstić information content (AvgIpc) is 3.34. The van der Waals surface area contributed by atoms with Crippen molar-refractivity contribution in [1.29, 1.82) is 0 Å². The van der Waals surface area contributed by atoms with E-state index in [0.29, 0.717) is 36.3 Å². The highest BCUT2D eigenvalue weighted by molar-refractivity contribution is 5.78. The smallest absolute Gasteiger partial charge is 0.316 e. The number of aliphatic hydroxyl groups excluding tert-OH is 1. The molecule has 4 fully saturated rings. The van der Waals surface area contributed by atoms with Crippen LogP contribution in [0.4, 0.5) is 0 Å². The number of fused-ring (bicyclic) bond motifs is 3. The Morgan fingerprint density at radius 1 is 1.05 bits per heavy atom. The average molecular weight is 545 g/mol. The molecule has 6 rings (SSSR count). The first kappa shape index (κ1) is 27.6. The third kappa shape index (κ3) is 4.85. The number of rotatable bonds is 0. The van der Waals surface area contributed by atoms with Gasteiger partial charge in [0.15, 0.2) is 5.79 Å². The SMILES string of the molecule is CC1=CC2C(=O)OC3CC(CC4OC4(C)CC(C)C=CC=C4COC(C1O)C42O)OC1(CCC(C)C(C)O1)C3. The van der Waals surface area contributed by atoms with Crippen LogP contribution in [0.1, 0.15) is 73.1 Å². The number of carbonyl (C=O) groups is 1. The summed E-state index contributed by atoms with van der Waals surface area (Å²) in [6, 6.07) is 0. The van der Waals surface area contributed by atoms with Gasteiger partial charge in [0.1, 0.15) is 29.8 Å². The lowest BCUT2D eigenvalue weighted by molar-refractivity contribution is -0.333. The molecular formula is C31H44O8. The van der Waals surface area contributed by atoms with Gasteiger partial charge in [-0.15, -0.1) is 0 Å². The van der Waals surface area contributed by atoms with Gasteiger partial charge in [0.2, 0.25) is 0 Å². The van der Waals surface area contributed by atoms with Gasteiger partial charge in [-0.25, -0.2) is 0 Å². The van der Waals surface area contributed by atoms with Gasteiger partial charge < -0.3 is 33.9 Å². The van der Waals surface area contributed by atoms with Crippen molar-refractivity contribution in [3.63, 3.8) is 0 Å². The summed E-state index contributed by atoms with van der Waals surface area (Å²) in [6.45, 7) is 10.5. The summed E-state index contributed by atoms with van der Waals surface area (Å²) in [7, 11) is 0. The molecule has 4 saturated heterocycles. The number of allylic oxidation sites excluding steroid dienone is 3. The fourth-order valence-corrected chi connectivity index (χ4v) is 7.57. The summed E-state index contributed by atoms with van der Waals surface area (Å²) in [4.78, 5) is 13.9. The molecule has 8 nitrogen and oxygen atoms in total. The second kappa shape index (κ2) is 9.78.